The van der Waals surface area contributed by atoms with Gasteiger partial charge in [-0.15, -0.1) is 0 Å². The number of rotatable bonds is 4. The van der Waals surface area contributed by atoms with E-state index in [0.29, 0.717) is 11.7 Å². The molecule has 1 fully saturated rings. The van der Waals surface area contributed by atoms with E-state index in [2.05, 4.69) is 27.1 Å². The number of nitrogens with one attached hydrogen (secondary N) is 1. The van der Waals surface area contributed by atoms with Crippen molar-refractivity contribution >= 4 is 17.4 Å². The summed E-state index contributed by atoms with van der Waals surface area (Å²) in [6.45, 7) is 7.20. The molecule has 1 aromatic heterocycles. The molecule has 2 heterocycles. The van der Waals surface area contributed by atoms with Crippen LogP contribution in [0.15, 0.2) is 30.6 Å². The van der Waals surface area contributed by atoms with Gasteiger partial charge in [0.05, 0.1) is 0 Å². The zero-order valence-corrected chi connectivity index (χ0v) is 15.2. The Balaban J connectivity index is 1.81. The summed E-state index contributed by atoms with van der Waals surface area (Å²) in [5.41, 5.74) is 3.39. The molecule has 1 aliphatic heterocycles. The number of benzene rings is 1. The van der Waals surface area contributed by atoms with Crippen molar-refractivity contribution in [1.29, 1.82) is 0 Å². The molecule has 1 aliphatic rings. The average molecular weight is 338 g/mol. The normalized spacial score (nSPS) is 17.4. The molecule has 1 N–H and O–H groups in total. The Kier molecular flexibility index (Phi) is 5.31. The molecular formula is C20H26N4O. The number of aromatic nitrogens is 2. The predicted molar refractivity (Wildman–Crippen MR) is 101 cm³/mol. The number of amides is 1. The van der Waals surface area contributed by atoms with E-state index >= 15 is 0 Å². The van der Waals surface area contributed by atoms with Gasteiger partial charge in [0, 0.05) is 24.3 Å². The molecule has 25 heavy (non-hydrogen) atoms. The standard InChI is InChI=1S/C20H26N4O/c1-4-16-7-5-6-10-24(16)19-12-18(21-13-22-19)20(25)23-17-11-14(2)8-9-15(17)3/h8-9,11-13,16H,4-7,10H2,1-3H3,(H,23,25). The maximum absolute atomic E-state index is 12.6. The molecule has 0 radical (unpaired) electrons. The number of carbonyl (C=O) groups is 1. The molecular weight excluding hydrogens is 312 g/mol. The third-order valence-corrected chi connectivity index (χ3v) is 4.92. The largest absolute Gasteiger partial charge is 0.354 e. The summed E-state index contributed by atoms with van der Waals surface area (Å²) in [7, 11) is 0. The van der Waals surface area contributed by atoms with E-state index in [1.807, 2.05) is 38.1 Å². The van der Waals surface area contributed by atoms with Crippen molar-refractivity contribution in [2.75, 3.05) is 16.8 Å². The van der Waals surface area contributed by atoms with Crippen molar-refractivity contribution in [3.63, 3.8) is 0 Å². The second kappa shape index (κ2) is 7.64. The van der Waals surface area contributed by atoms with Gasteiger partial charge in [-0.1, -0.05) is 19.1 Å². The summed E-state index contributed by atoms with van der Waals surface area (Å²) in [5.74, 6) is 0.662. The van der Waals surface area contributed by atoms with Gasteiger partial charge in [0.2, 0.25) is 0 Å². The fraction of sp³-hybridized carbons (Fsp3) is 0.450. The Hall–Kier alpha value is -2.43. The van der Waals surface area contributed by atoms with Crippen LogP contribution in [0.25, 0.3) is 0 Å². The lowest BCUT2D eigenvalue weighted by atomic mass is 10.00. The Morgan fingerprint density at radius 1 is 1.24 bits per heavy atom. The second-order valence-corrected chi connectivity index (χ2v) is 6.79. The van der Waals surface area contributed by atoms with Crippen LogP contribution in [-0.2, 0) is 0 Å². The molecule has 1 atom stereocenters. The second-order valence-electron chi connectivity index (χ2n) is 6.79. The molecule has 2 aromatic rings. The molecule has 1 saturated heterocycles. The summed E-state index contributed by atoms with van der Waals surface area (Å²) < 4.78 is 0. The third kappa shape index (κ3) is 3.98. The summed E-state index contributed by atoms with van der Waals surface area (Å²) in [6, 6.07) is 8.34. The van der Waals surface area contributed by atoms with E-state index in [4.69, 9.17) is 0 Å². The molecule has 1 aromatic carbocycles. The Labute approximate surface area is 149 Å². The van der Waals surface area contributed by atoms with Crippen LogP contribution in [0, 0.1) is 13.8 Å². The fourth-order valence-electron chi connectivity index (χ4n) is 3.41. The lowest BCUT2D eigenvalue weighted by molar-refractivity contribution is 0.102. The number of piperidine rings is 1. The van der Waals surface area contributed by atoms with Crippen molar-refractivity contribution in [3.05, 3.63) is 47.4 Å². The van der Waals surface area contributed by atoms with Gasteiger partial charge in [-0.05, 0) is 56.7 Å². The predicted octanol–water partition coefficient (Wildman–Crippen LogP) is 4.11. The van der Waals surface area contributed by atoms with Gasteiger partial charge < -0.3 is 10.2 Å². The highest BCUT2D eigenvalue weighted by atomic mass is 16.1. The first-order valence-corrected chi connectivity index (χ1v) is 9.05. The third-order valence-electron chi connectivity index (χ3n) is 4.92. The molecule has 0 aliphatic carbocycles. The lowest BCUT2D eigenvalue weighted by Crippen LogP contribution is -2.39. The minimum Gasteiger partial charge on any atom is -0.354 e. The molecule has 132 valence electrons. The Morgan fingerprint density at radius 2 is 2.08 bits per heavy atom. The summed E-state index contributed by atoms with van der Waals surface area (Å²) in [5, 5.41) is 2.97. The molecule has 5 heteroatoms. The van der Waals surface area contributed by atoms with Crippen molar-refractivity contribution in [2.24, 2.45) is 0 Å². The number of hydrogen-bond acceptors (Lipinski definition) is 4. The van der Waals surface area contributed by atoms with Gasteiger partial charge in [-0.25, -0.2) is 9.97 Å². The Morgan fingerprint density at radius 3 is 2.88 bits per heavy atom. The number of carbonyl (C=O) groups excluding carboxylic acids is 1. The first-order chi connectivity index (χ1) is 12.1. The minimum atomic E-state index is -0.192. The molecule has 3 rings (SSSR count). The van der Waals surface area contributed by atoms with Crippen LogP contribution in [0.2, 0.25) is 0 Å². The molecule has 0 bridgehead atoms. The van der Waals surface area contributed by atoms with Crippen LogP contribution in [0.3, 0.4) is 0 Å². The SMILES string of the molecule is CCC1CCCCN1c1cc(C(=O)Nc2cc(C)ccc2C)ncn1. The molecule has 1 unspecified atom stereocenters. The van der Waals surface area contributed by atoms with E-state index in [9.17, 15) is 4.79 Å². The molecule has 0 saturated carbocycles. The van der Waals surface area contributed by atoms with Crippen molar-refractivity contribution in [3.8, 4) is 0 Å². The van der Waals surface area contributed by atoms with Gasteiger partial charge >= 0.3 is 0 Å². The number of hydrogen-bond donors (Lipinski definition) is 1. The summed E-state index contributed by atoms with van der Waals surface area (Å²) >= 11 is 0. The highest BCUT2D eigenvalue weighted by molar-refractivity contribution is 6.03. The summed E-state index contributed by atoms with van der Waals surface area (Å²) in [4.78, 5) is 23.6. The van der Waals surface area contributed by atoms with Crippen LogP contribution in [-0.4, -0.2) is 28.5 Å². The Bertz CT molecular complexity index is 759. The lowest BCUT2D eigenvalue weighted by Gasteiger charge is -2.36. The zero-order valence-electron chi connectivity index (χ0n) is 15.2. The van der Waals surface area contributed by atoms with Crippen LogP contribution in [0.4, 0.5) is 11.5 Å². The van der Waals surface area contributed by atoms with E-state index in [1.54, 1.807) is 0 Å². The number of aryl methyl sites for hydroxylation is 2. The minimum absolute atomic E-state index is 0.192. The first kappa shape index (κ1) is 17.4. The highest BCUT2D eigenvalue weighted by Gasteiger charge is 2.23. The van der Waals surface area contributed by atoms with Gasteiger partial charge in [-0.2, -0.15) is 0 Å². The van der Waals surface area contributed by atoms with E-state index in [1.165, 1.54) is 25.6 Å². The fourth-order valence-corrected chi connectivity index (χ4v) is 3.41. The van der Waals surface area contributed by atoms with Gasteiger partial charge in [0.1, 0.15) is 17.8 Å². The smallest absolute Gasteiger partial charge is 0.274 e. The van der Waals surface area contributed by atoms with Crippen LogP contribution < -0.4 is 10.2 Å². The monoisotopic (exact) mass is 338 g/mol. The van der Waals surface area contributed by atoms with E-state index in [0.717, 1.165) is 35.6 Å². The first-order valence-electron chi connectivity index (χ1n) is 9.05. The van der Waals surface area contributed by atoms with E-state index in [-0.39, 0.29) is 5.91 Å². The van der Waals surface area contributed by atoms with Gasteiger partial charge in [0.15, 0.2) is 0 Å². The maximum Gasteiger partial charge on any atom is 0.274 e. The topological polar surface area (TPSA) is 58.1 Å². The van der Waals surface area contributed by atoms with Crippen molar-refractivity contribution in [1.82, 2.24) is 9.97 Å². The van der Waals surface area contributed by atoms with Crippen molar-refractivity contribution in [2.45, 2.75) is 52.5 Å². The van der Waals surface area contributed by atoms with Gasteiger partial charge in [0.25, 0.3) is 5.91 Å². The quantitative estimate of drug-likeness (QED) is 0.911. The van der Waals surface area contributed by atoms with Crippen LogP contribution in [0.5, 0.6) is 0 Å². The number of nitrogens with zero attached hydrogens (tertiary/aromatic N) is 3. The number of anilines is 2. The maximum atomic E-state index is 12.6. The van der Waals surface area contributed by atoms with Crippen LogP contribution >= 0.6 is 0 Å². The summed E-state index contributed by atoms with van der Waals surface area (Å²) in [6.07, 6.45) is 6.21. The highest BCUT2D eigenvalue weighted by Crippen LogP contribution is 2.25. The van der Waals surface area contributed by atoms with E-state index < -0.39 is 0 Å². The molecule has 0 spiro atoms. The zero-order chi connectivity index (χ0) is 17.8. The van der Waals surface area contributed by atoms with Gasteiger partial charge in [-0.3, -0.25) is 4.79 Å². The molecule has 5 nitrogen and oxygen atoms in total. The average Bonchev–Trinajstić information content (AvgIpc) is 2.64. The van der Waals surface area contributed by atoms with Crippen molar-refractivity contribution < 1.29 is 4.79 Å². The molecule has 1 amide bonds. The van der Waals surface area contributed by atoms with Crippen LogP contribution in [0.1, 0.15) is 54.2 Å².